The van der Waals surface area contributed by atoms with Gasteiger partial charge in [-0.3, -0.25) is 0 Å². The van der Waals surface area contributed by atoms with Crippen LogP contribution in [-0.2, 0) is 17.7 Å². The molecule has 4 rings (SSSR count). The van der Waals surface area contributed by atoms with E-state index >= 15 is 0 Å². The minimum absolute atomic E-state index is 0.0816. The van der Waals surface area contributed by atoms with Gasteiger partial charge in [-0.05, 0) is 58.7 Å². The van der Waals surface area contributed by atoms with Crippen molar-refractivity contribution in [2.75, 3.05) is 0 Å². The first kappa shape index (κ1) is 19.5. The second-order valence-corrected chi connectivity index (χ2v) is 8.92. The molecule has 0 aliphatic carbocycles. The number of nitrogens with one attached hydrogen (secondary N) is 1. The molecule has 0 saturated carbocycles. The van der Waals surface area contributed by atoms with Crippen molar-refractivity contribution in [2.45, 2.75) is 59.2 Å². The van der Waals surface area contributed by atoms with Crippen LogP contribution in [0.5, 0.6) is 0 Å². The minimum Gasteiger partial charge on any atom is -0.444 e. The van der Waals surface area contributed by atoms with Crippen molar-refractivity contribution in [2.24, 2.45) is 0 Å². The Kier molecular flexibility index (Phi) is 4.64. The molecule has 3 aromatic rings. The number of halogens is 1. The van der Waals surface area contributed by atoms with Crippen LogP contribution in [0.4, 0.5) is 9.18 Å². The first-order chi connectivity index (χ1) is 13.6. The van der Waals surface area contributed by atoms with Gasteiger partial charge < -0.3 is 14.6 Å². The van der Waals surface area contributed by atoms with Crippen LogP contribution in [0.2, 0.25) is 0 Å². The van der Waals surface area contributed by atoms with Gasteiger partial charge in [0.15, 0.2) is 0 Å². The van der Waals surface area contributed by atoms with Crippen molar-refractivity contribution >= 4 is 17.0 Å². The highest BCUT2D eigenvalue weighted by molar-refractivity contribution is 6.00. The van der Waals surface area contributed by atoms with Gasteiger partial charge in [-0.2, -0.15) is 0 Å². The van der Waals surface area contributed by atoms with E-state index in [4.69, 9.17) is 4.74 Å². The summed E-state index contributed by atoms with van der Waals surface area (Å²) in [4.78, 5) is 12.3. The molecule has 1 aliphatic heterocycles. The predicted molar refractivity (Wildman–Crippen MR) is 114 cm³/mol. The maximum Gasteiger partial charge on any atom is 0.407 e. The van der Waals surface area contributed by atoms with Crippen molar-refractivity contribution in [3.8, 4) is 11.1 Å². The fourth-order valence-electron chi connectivity index (χ4n) is 4.37. The zero-order valence-electron chi connectivity index (χ0n) is 17.6. The third-order valence-electron chi connectivity index (χ3n) is 5.37. The lowest BCUT2D eigenvalue weighted by Gasteiger charge is -2.28. The normalized spacial score (nSPS) is 16.1. The Morgan fingerprint density at radius 3 is 2.62 bits per heavy atom. The van der Waals surface area contributed by atoms with Gasteiger partial charge in [0, 0.05) is 28.8 Å². The lowest BCUT2D eigenvalue weighted by molar-refractivity contribution is 0.0498. The van der Waals surface area contributed by atoms with Gasteiger partial charge in [-0.15, -0.1) is 0 Å². The molecule has 5 heteroatoms. The van der Waals surface area contributed by atoms with Gasteiger partial charge in [-0.25, -0.2) is 9.18 Å². The fourth-order valence-corrected chi connectivity index (χ4v) is 4.37. The number of amides is 1. The number of rotatable bonds is 2. The minimum atomic E-state index is -0.540. The number of alkyl carbamates (subject to hydrolysis) is 1. The summed E-state index contributed by atoms with van der Waals surface area (Å²) >= 11 is 0. The van der Waals surface area contributed by atoms with Gasteiger partial charge in [0.2, 0.25) is 0 Å². The maximum atomic E-state index is 14.6. The number of aryl methyl sites for hydroxylation is 1. The Morgan fingerprint density at radius 1 is 1.21 bits per heavy atom. The molecule has 2 aromatic carbocycles. The first-order valence-electron chi connectivity index (χ1n) is 10.0. The molecule has 152 valence electrons. The number of ether oxygens (including phenoxy) is 1. The summed E-state index contributed by atoms with van der Waals surface area (Å²) < 4.78 is 22.3. The Bertz CT molecular complexity index is 1110. The molecule has 0 radical (unpaired) electrons. The van der Waals surface area contributed by atoms with E-state index in [0.29, 0.717) is 12.1 Å². The van der Waals surface area contributed by atoms with E-state index in [1.54, 1.807) is 6.07 Å². The van der Waals surface area contributed by atoms with Gasteiger partial charge in [0.1, 0.15) is 11.4 Å². The molecule has 1 N–H and O–H groups in total. The number of hydrogen-bond donors (Lipinski definition) is 1. The number of nitrogens with zero attached hydrogens (tertiary/aromatic N) is 1. The average Bonchev–Trinajstić information content (AvgIpc) is 2.86. The van der Waals surface area contributed by atoms with Gasteiger partial charge in [0.05, 0.1) is 11.6 Å². The number of benzene rings is 2. The molecule has 29 heavy (non-hydrogen) atoms. The van der Waals surface area contributed by atoms with Crippen molar-refractivity contribution in [3.63, 3.8) is 0 Å². The Balaban J connectivity index is 1.78. The Labute approximate surface area is 170 Å². The molecule has 0 spiro atoms. The summed E-state index contributed by atoms with van der Waals surface area (Å²) in [6.07, 6.45) is 0.311. The molecule has 1 aromatic heterocycles. The third-order valence-corrected chi connectivity index (χ3v) is 5.37. The van der Waals surface area contributed by atoms with Crippen LogP contribution in [0.25, 0.3) is 22.0 Å². The summed E-state index contributed by atoms with van der Waals surface area (Å²) in [5, 5.41) is 4.08. The van der Waals surface area contributed by atoms with Crippen LogP contribution < -0.4 is 5.32 Å². The molecule has 1 unspecified atom stereocenters. The van der Waals surface area contributed by atoms with Gasteiger partial charge in [-0.1, -0.05) is 29.8 Å². The molecular weight excluding hydrogens is 367 g/mol. The van der Waals surface area contributed by atoms with Crippen LogP contribution >= 0.6 is 0 Å². The summed E-state index contributed by atoms with van der Waals surface area (Å²) in [5.41, 5.74) is 5.44. The molecule has 0 bridgehead atoms. The zero-order valence-corrected chi connectivity index (χ0v) is 17.6. The molecule has 1 atom stereocenters. The maximum absolute atomic E-state index is 14.6. The number of hydrogen-bond acceptors (Lipinski definition) is 2. The smallest absolute Gasteiger partial charge is 0.407 e. The van der Waals surface area contributed by atoms with E-state index in [1.807, 2.05) is 39.8 Å². The fraction of sp³-hybridized carbons (Fsp3) is 0.375. The second kappa shape index (κ2) is 6.90. The van der Waals surface area contributed by atoms with E-state index in [2.05, 4.69) is 28.9 Å². The Morgan fingerprint density at radius 2 is 1.93 bits per heavy atom. The van der Waals surface area contributed by atoms with E-state index in [1.165, 1.54) is 6.07 Å². The zero-order chi connectivity index (χ0) is 20.9. The van der Waals surface area contributed by atoms with Crippen molar-refractivity contribution in [1.29, 1.82) is 0 Å². The van der Waals surface area contributed by atoms with Crippen LogP contribution in [-0.4, -0.2) is 22.3 Å². The second-order valence-electron chi connectivity index (χ2n) is 8.92. The van der Waals surface area contributed by atoms with Crippen molar-refractivity contribution < 1.29 is 13.9 Å². The summed E-state index contributed by atoms with van der Waals surface area (Å²) in [6.45, 7) is 10.3. The molecule has 4 nitrogen and oxygen atoms in total. The Hall–Kier alpha value is -2.82. The lowest BCUT2D eigenvalue weighted by Crippen LogP contribution is -2.44. The van der Waals surface area contributed by atoms with E-state index in [-0.39, 0.29) is 11.9 Å². The lowest BCUT2D eigenvalue weighted by atomic mass is 9.95. The largest absolute Gasteiger partial charge is 0.444 e. The SMILES string of the molecule is Cc1cc2c3c(c1)c(-c1ccccc1F)c(C)n3CC(NC(=O)OC(C)(C)C)C2. The predicted octanol–water partition coefficient (Wildman–Crippen LogP) is 5.51. The van der Waals surface area contributed by atoms with Gasteiger partial charge >= 0.3 is 6.09 Å². The van der Waals surface area contributed by atoms with Crippen LogP contribution in [0.1, 0.15) is 37.6 Å². The quantitative estimate of drug-likeness (QED) is 0.622. The highest BCUT2D eigenvalue weighted by Gasteiger charge is 2.28. The molecule has 0 fully saturated rings. The van der Waals surface area contributed by atoms with Crippen LogP contribution in [0, 0.1) is 19.7 Å². The number of aromatic nitrogens is 1. The molecule has 1 aliphatic rings. The van der Waals surface area contributed by atoms with Gasteiger partial charge in [0.25, 0.3) is 0 Å². The third kappa shape index (κ3) is 3.61. The average molecular weight is 394 g/mol. The standard InChI is InChI=1S/C24H27FN2O2/c1-14-10-16-12-17(26-23(28)29-24(3,4)5)13-27-15(2)21(19(11-14)22(16)27)18-8-6-7-9-20(18)25/h6-11,17H,12-13H2,1-5H3,(H,26,28). The van der Waals surface area contributed by atoms with E-state index in [0.717, 1.165) is 39.7 Å². The highest BCUT2D eigenvalue weighted by Crippen LogP contribution is 2.40. The molecule has 2 heterocycles. The van der Waals surface area contributed by atoms with E-state index in [9.17, 15) is 9.18 Å². The number of carbonyl (C=O) groups is 1. The van der Waals surface area contributed by atoms with Crippen molar-refractivity contribution in [1.82, 2.24) is 9.88 Å². The molecule has 1 amide bonds. The van der Waals surface area contributed by atoms with Crippen LogP contribution in [0.3, 0.4) is 0 Å². The van der Waals surface area contributed by atoms with Crippen molar-refractivity contribution in [3.05, 3.63) is 59.0 Å². The first-order valence-corrected chi connectivity index (χ1v) is 10.0. The highest BCUT2D eigenvalue weighted by atomic mass is 19.1. The molecular formula is C24H27FN2O2. The molecule has 0 saturated heterocycles. The number of carbonyl (C=O) groups excluding carboxylic acids is 1. The van der Waals surface area contributed by atoms with Crippen LogP contribution in [0.15, 0.2) is 36.4 Å². The summed E-state index contributed by atoms with van der Waals surface area (Å²) in [7, 11) is 0. The summed E-state index contributed by atoms with van der Waals surface area (Å²) in [6, 6.07) is 11.1. The van der Waals surface area contributed by atoms with E-state index < -0.39 is 11.7 Å². The topological polar surface area (TPSA) is 43.3 Å². The monoisotopic (exact) mass is 394 g/mol. The summed E-state index contributed by atoms with van der Waals surface area (Å²) in [5.74, 6) is -0.222.